The molecule has 0 unspecified atom stereocenters. The summed E-state index contributed by atoms with van der Waals surface area (Å²) < 4.78 is 0. The normalized spacial score (nSPS) is 13.3. The van der Waals surface area contributed by atoms with Crippen molar-refractivity contribution in [2.45, 2.75) is 19.6 Å². The molecule has 0 saturated heterocycles. The van der Waals surface area contributed by atoms with E-state index < -0.39 is 0 Å². The lowest BCUT2D eigenvalue weighted by Gasteiger charge is -2.07. The van der Waals surface area contributed by atoms with Crippen molar-refractivity contribution in [3.8, 4) is 0 Å². The van der Waals surface area contributed by atoms with Crippen molar-refractivity contribution in [2.24, 2.45) is 0 Å². The average Bonchev–Trinajstić information content (AvgIpc) is 3.00. The zero-order valence-corrected chi connectivity index (χ0v) is 11.6. The van der Waals surface area contributed by atoms with Crippen molar-refractivity contribution in [3.63, 3.8) is 0 Å². The van der Waals surface area contributed by atoms with Crippen LogP contribution in [-0.2, 0) is 19.6 Å². The van der Waals surface area contributed by atoms with Crippen LogP contribution in [0.25, 0.3) is 10.9 Å². The summed E-state index contributed by atoms with van der Waals surface area (Å²) in [5.41, 5.74) is 5.02. The highest BCUT2D eigenvalue weighted by molar-refractivity contribution is 5.78. The minimum atomic E-state index is 0.673. The Morgan fingerprint density at radius 2 is 1.95 bits per heavy atom. The molecule has 0 radical (unpaired) electrons. The number of nitrogens with zero attached hydrogens (tertiary/aromatic N) is 2. The van der Waals surface area contributed by atoms with E-state index in [0.717, 1.165) is 30.5 Å². The quantitative estimate of drug-likeness (QED) is 0.772. The first-order valence-corrected chi connectivity index (χ1v) is 7.15. The van der Waals surface area contributed by atoms with Gasteiger partial charge in [-0.3, -0.25) is 0 Å². The summed E-state index contributed by atoms with van der Waals surface area (Å²) in [5.74, 6) is 0.673. The van der Waals surface area contributed by atoms with E-state index in [1.54, 1.807) is 0 Å². The van der Waals surface area contributed by atoms with Gasteiger partial charge in [-0.05, 0) is 22.8 Å². The molecule has 1 aliphatic rings. The summed E-state index contributed by atoms with van der Waals surface area (Å²) in [6, 6.07) is 14.6. The molecule has 1 aliphatic heterocycles. The molecule has 0 atom stereocenters. The molecule has 0 bridgehead atoms. The van der Waals surface area contributed by atoms with E-state index >= 15 is 0 Å². The van der Waals surface area contributed by atoms with Crippen molar-refractivity contribution in [1.82, 2.24) is 15.3 Å². The monoisotopic (exact) mass is 276 g/mol. The first kappa shape index (κ1) is 12.3. The van der Waals surface area contributed by atoms with Gasteiger partial charge in [-0.1, -0.05) is 36.4 Å². The molecule has 4 heteroatoms. The first-order valence-electron chi connectivity index (χ1n) is 7.15. The van der Waals surface area contributed by atoms with Crippen molar-refractivity contribution in [2.75, 3.05) is 5.32 Å². The van der Waals surface area contributed by atoms with Gasteiger partial charge in [0.15, 0.2) is 0 Å². The number of hydrogen-bond donors (Lipinski definition) is 2. The summed E-state index contributed by atoms with van der Waals surface area (Å²) in [5, 5.41) is 7.73. The first-order chi connectivity index (χ1) is 10.4. The van der Waals surface area contributed by atoms with Crippen molar-refractivity contribution in [1.29, 1.82) is 0 Å². The van der Waals surface area contributed by atoms with E-state index in [1.165, 1.54) is 16.7 Å². The maximum Gasteiger partial charge on any atom is 0.223 e. The van der Waals surface area contributed by atoms with Crippen LogP contribution in [0.15, 0.2) is 48.7 Å². The van der Waals surface area contributed by atoms with Crippen LogP contribution < -0.4 is 10.6 Å². The Morgan fingerprint density at radius 1 is 1.05 bits per heavy atom. The van der Waals surface area contributed by atoms with Gasteiger partial charge in [0, 0.05) is 31.2 Å². The smallest absolute Gasteiger partial charge is 0.223 e. The van der Waals surface area contributed by atoms with E-state index in [2.05, 4.69) is 38.8 Å². The Labute approximate surface area is 123 Å². The fraction of sp³-hybridized carbons (Fsp3) is 0.176. The Balaban J connectivity index is 1.52. The Hall–Kier alpha value is -2.46. The number of hydrogen-bond acceptors (Lipinski definition) is 4. The second-order valence-corrected chi connectivity index (χ2v) is 5.31. The van der Waals surface area contributed by atoms with Gasteiger partial charge in [0.1, 0.15) is 0 Å². The fourth-order valence-corrected chi connectivity index (χ4v) is 2.70. The third kappa shape index (κ3) is 2.45. The average molecular weight is 276 g/mol. The number of fused-ring (bicyclic) bond motifs is 2. The molecular formula is C17H16N4. The maximum atomic E-state index is 4.53. The molecule has 0 fully saturated rings. The molecule has 3 aromatic rings. The van der Waals surface area contributed by atoms with E-state index in [4.69, 9.17) is 0 Å². The minimum Gasteiger partial charge on any atom is -0.350 e. The van der Waals surface area contributed by atoms with Gasteiger partial charge in [0.2, 0.25) is 5.95 Å². The molecule has 0 saturated carbocycles. The third-order valence-corrected chi connectivity index (χ3v) is 3.84. The lowest BCUT2D eigenvalue weighted by molar-refractivity contribution is 0.764. The van der Waals surface area contributed by atoms with Crippen LogP contribution in [0, 0.1) is 0 Å². The molecule has 4 rings (SSSR count). The lowest BCUT2D eigenvalue weighted by atomic mass is 10.1. The summed E-state index contributed by atoms with van der Waals surface area (Å²) in [7, 11) is 0. The van der Waals surface area contributed by atoms with Crippen LogP contribution in [0.4, 0.5) is 5.95 Å². The molecule has 2 aromatic carbocycles. The van der Waals surface area contributed by atoms with Crippen LogP contribution in [-0.4, -0.2) is 9.97 Å². The number of anilines is 1. The third-order valence-electron chi connectivity index (χ3n) is 3.84. The standard InChI is InChI=1S/C17H16N4/c1-2-4-16-14(3-1)11-20-17(21-16)19-8-12-5-6-13-9-18-10-15(13)7-12/h1-7,11,18H,8-10H2,(H,19,20,21). The highest BCUT2D eigenvalue weighted by Crippen LogP contribution is 2.18. The predicted octanol–water partition coefficient (Wildman–Crippen LogP) is 2.85. The molecule has 1 aromatic heterocycles. The Kier molecular flexibility index (Phi) is 3.01. The molecule has 0 amide bonds. The Bertz CT molecular complexity index is 798. The van der Waals surface area contributed by atoms with E-state index in [0.29, 0.717) is 5.95 Å². The van der Waals surface area contributed by atoms with E-state index in [9.17, 15) is 0 Å². The lowest BCUT2D eigenvalue weighted by Crippen LogP contribution is -2.04. The van der Waals surface area contributed by atoms with Gasteiger partial charge in [-0.15, -0.1) is 0 Å². The van der Waals surface area contributed by atoms with Crippen molar-refractivity contribution in [3.05, 3.63) is 65.4 Å². The van der Waals surface area contributed by atoms with Gasteiger partial charge in [0.05, 0.1) is 5.52 Å². The minimum absolute atomic E-state index is 0.673. The maximum absolute atomic E-state index is 4.53. The van der Waals surface area contributed by atoms with Gasteiger partial charge in [0.25, 0.3) is 0 Å². The summed E-state index contributed by atoms with van der Waals surface area (Å²) >= 11 is 0. The number of benzene rings is 2. The van der Waals surface area contributed by atoms with Crippen LogP contribution >= 0.6 is 0 Å². The van der Waals surface area contributed by atoms with Crippen LogP contribution in [0.5, 0.6) is 0 Å². The molecule has 21 heavy (non-hydrogen) atoms. The van der Waals surface area contributed by atoms with Gasteiger partial charge >= 0.3 is 0 Å². The van der Waals surface area contributed by atoms with Crippen LogP contribution in [0.2, 0.25) is 0 Å². The highest BCUT2D eigenvalue weighted by Gasteiger charge is 2.09. The molecular weight excluding hydrogens is 260 g/mol. The molecule has 0 spiro atoms. The predicted molar refractivity (Wildman–Crippen MR) is 83.9 cm³/mol. The van der Waals surface area contributed by atoms with Gasteiger partial charge in [-0.25, -0.2) is 9.97 Å². The second kappa shape index (κ2) is 5.14. The van der Waals surface area contributed by atoms with Crippen molar-refractivity contribution >= 4 is 16.9 Å². The van der Waals surface area contributed by atoms with Crippen LogP contribution in [0.3, 0.4) is 0 Å². The Morgan fingerprint density at radius 3 is 2.95 bits per heavy atom. The van der Waals surface area contributed by atoms with Crippen molar-refractivity contribution < 1.29 is 0 Å². The summed E-state index contributed by atoms with van der Waals surface area (Å²) in [6.07, 6.45) is 1.86. The molecule has 0 aliphatic carbocycles. The zero-order chi connectivity index (χ0) is 14.1. The zero-order valence-electron chi connectivity index (χ0n) is 11.6. The number of rotatable bonds is 3. The summed E-state index contributed by atoms with van der Waals surface area (Å²) in [4.78, 5) is 8.89. The second-order valence-electron chi connectivity index (χ2n) is 5.31. The fourth-order valence-electron chi connectivity index (χ4n) is 2.70. The number of aromatic nitrogens is 2. The highest BCUT2D eigenvalue weighted by atomic mass is 15.1. The molecule has 2 heterocycles. The number of para-hydroxylation sites is 1. The van der Waals surface area contributed by atoms with Crippen LogP contribution in [0.1, 0.15) is 16.7 Å². The topological polar surface area (TPSA) is 49.8 Å². The largest absolute Gasteiger partial charge is 0.350 e. The van der Waals surface area contributed by atoms with Gasteiger partial charge in [-0.2, -0.15) is 0 Å². The van der Waals surface area contributed by atoms with E-state index in [-0.39, 0.29) is 0 Å². The van der Waals surface area contributed by atoms with E-state index in [1.807, 2.05) is 30.5 Å². The molecule has 4 nitrogen and oxygen atoms in total. The summed E-state index contributed by atoms with van der Waals surface area (Å²) in [6.45, 7) is 2.69. The molecule has 104 valence electrons. The SMILES string of the molecule is c1ccc2nc(NCc3ccc4c(c3)CNC4)ncc2c1. The number of nitrogens with one attached hydrogen (secondary N) is 2. The molecule has 2 N–H and O–H groups in total. The van der Waals surface area contributed by atoms with Gasteiger partial charge < -0.3 is 10.6 Å².